The highest BCUT2D eigenvalue weighted by atomic mass is 16.5. The maximum absolute atomic E-state index is 13.1. The third-order valence-electron chi connectivity index (χ3n) is 5.50. The SMILES string of the molecule is COc1ccc(Cn2c(C)cnc2C2CCCN2C(=O)c2cccc(C)n2)cc1. The maximum Gasteiger partial charge on any atom is 0.273 e. The smallest absolute Gasteiger partial charge is 0.273 e. The number of rotatable bonds is 5. The van der Waals surface area contributed by atoms with E-state index in [1.807, 2.05) is 42.3 Å². The molecule has 0 spiro atoms. The number of benzene rings is 1. The van der Waals surface area contributed by atoms with Gasteiger partial charge in [0.1, 0.15) is 17.3 Å². The van der Waals surface area contributed by atoms with Gasteiger partial charge in [0.15, 0.2) is 0 Å². The molecule has 0 saturated carbocycles. The second kappa shape index (κ2) is 8.07. The van der Waals surface area contributed by atoms with Crippen molar-refractivity contribution < 1.29 is 9.53 Å². The molecule has 1 saturated heterocycles. The first-order chi connectivity index (χ1) is 14.1. The van der Waals surface area contributed by atoms with Crippen LogP contribution in [0.5, 0.6) is 5.75 Å². The van der Waals surface area contributed by atoms with Gasteiger partial charge in [0.05, 0.1) is 13.2 Å². The van der Waals surface area contributed by atoms with Gasteiger partial charge in [-0.2, -0.15) is 0 Å². The predicted octanol–water partition coefficient (Wildman–Crippen LogP) is 3.93. The summed E-state index contributed by atoms with van der Waals surface area (Å²) in [5, 5.41) is 0. The Morgan fingerprint density at radius 1 is 1.17 bits per heavy atom. The molecule has 3 aromatic rings. The van der Waals surface area contributed by atoms with Crippen LogP contribution in [0.1, 0.15) is 52.1 Å². The number of carbonyl (C=O) groups is 1. The van der Waals surface area contributed by atoms with Crippen LogP contribution >= 0.6 is 0 Å². The molecular formula is C23H26N4O2. The van der Waals surface area contributed by atoms with Gasteiger partial charge in [-0.05, 0) is 56.5 Å². The van der Waals surface area contributed by atoms with E-state index in [-0.39, 0.29) is 11.9 Å². The molecule has 6 heteroatoms. The zero-order chi connectivity index (χ0) is 20.4. The lowest BCUT2D eigenvalue weighted by Gasteiger charge is -2.25. The Morgan fingerprint density at radius 3 is 2.69 bits per heavy atom. The number of likely N-dealkylation sites (tertiary alicyclic amines) is 1. The van der Waals surface area contributed by atoms with E-state index in [0.29, 0.717) is 12.2 Å². The number of carbonyl (C=O) groups excluding carboxylic acids is 1. The van der Waals surface area contributed by atoms with E-state index < -0.39 is 0 Å². The van der Waals surface area contributed by atoms with E-state index in [4.69, 9.17) is 9.72 Å². The highest BCUT2D eigenvalue weighted by molar-refractivity contribution is 5.92. The molecule has 3 heterocycles. The van der Waals surface area contributed by atoms with Crippen LogP contribution in [0.4, 0.5) is 0 Å². The van der Waals surface area contributed by atoms with E-state index in [0.717, 1.165) is 42.3 Å². The van der Waals surface area contributed by atoms with Crippen LogP contribution in [0.2, 0.25) is 0 Å². The first-order valence-electron chi connectivity index (χ1n) is 9.96. The lowest BCUT2D eigenvalue weighted by atomic mass is 10.1. The van der Waals surface area contributed by atoms with E-state index in [9.17, 15) is 4.79 Å². The molecule has 0 radical (unpaired) electrons. The molecule has 0 N–H and O–H groups in total. The zero-order valence-corrected chi connectivity index (χ0v) is 17.1. The molecule has 29 heavy (non-hydrogen) atoms. The summed E-state index contributed by atoms with van der Waals surface area (Å²) in [5.74, 6) is 1.76. The van der Waals surface area contributed by atoms with E-state index >= 15 is 0 Å². The van der Waals surface area contributed by atoms with Gasteiger partial charge in [0, 0.05) is 30.7 Å². The first-order valence-corrected chi connectivity index (χ1v) is 9.96. The highest BCUT2D eigenvalue weighted by Gasteiger charge is 2.34. The Balaban J connectivity index is 1.61. The number of methoxy groups -OCH3 is 1. The Bertz CT molecular complexity index is 1010. The van der Waals surface area contributed by atoms with Crippen molar-refractivity contribution in [3.8, 4) is 5.75 Å². The molecule has 1 aliphatic heterocycles. The summed E-state index contributed by atoms with van der Waals surface area (Å²) < 4.78 is 7.46. The first kappa shape index (κ1) is 19.2. The van der Waals surface area contributed by atoms with Crippen LogP contribution in [0.3, 0.4) is 0 Å². The second-order valence-corrected chi connectivity index (χ2v) is 7.51. The van der Waals surface area contributed by atoms with Gasteiger partial charge in [-0.3, -0.25) is 4.79 Å². The maximum atomic E-state index is 13.1. The molecule has 1 unspecified atom stereocenters. The number of aryl methyl sites for hydroxylation is 2. The van der Waals surface area contributed by atoms with Crippen LogP contribution in [0, 0.1) is 13.8 Å². The third kappa shape index (κ3) is 3.88. The number of hydrogen-bond donors (Lipinski definition) is 0. The van der Waals surface area contributed by atoms with Crippen LogP contribution in [-0.2, 0) is 6.54 Å². The molecule has 1 amide bonds. The van der Waals surface area contributed by atoms with E-state index in [2.05, 4.69) is 28.6 Å². The van der Waals surface area contributed by atoms with Gasteiger partial charge in [-0.1, -0.05) is 18.2 Å². The minimum Gasteiger partial charge on any atom is -0.497 e. The van der Waals surface area contributed by atoms with Crippen LogP contribution in [-0.4, -0.2) is 39.0 Å². The van der Waals surface area contributed by atoms with Gasteiger partial charge in [-0.25, -0.2) is 9.97 Å². The van der Waals surface area contributed by atoms with Crippen molar-refractivity contribution in [3.05, 3.63) is 77.1 Å². The van der Waals surface area contributed by atoms with Crippen molar-refractivity contribution in [2.75, 3.05) is 13.7 Å². The Hall–Kier alpha value is -3.15. The summed E-state index contributed by atoms with van der Waals surface area (Å²) in [6.07, 6.45) is 3.78. The second-order valence-electron chi connectivity index (χ2n) is 7.51. The number of imidazole rings is 1. The third-order valence-corrected chi connectivity index (χ3v) is 5.50. The van der Waals surface area contributed by atoms with Crippen LogP contribution in [0.25, 0.3) is 0 Å². The van der Waals surface area contributed by atoms with Crippen molar-refractivity contribution in [3.63, 3.8) is 0 Å². The highest BCUT2D eigenvalue weighted by Crippen LogP contribution is 2.33. The lowest BCUT2D eigenvalue weighted by molar-refractivity contribution is 0.0721. The topological polar surface area (TPSA) is 60.2 Å². The minimum absolute atomic E-state index is 0.0205. The summed E-state index contributed by atoms with van der Waals surface area (Å²) >= 11 is 0. The van der Waals surface area contributed by atoms with Crippen molar-refractivity contribution >= 4 is 5.91 Å². The number of pyridine rings is 1. The van der Waals surface area contributed by atoms with E-state index in [1.54, 1.807) is 13.2 Å². The largest absolute Gasteiger partial charge is 0.497 e. The van der Waals surface area contributed by atoms with Crippen molar-refractivity contribution in [2.24, 2.45) is 0 Å². The average Bonchev–Trinajstić information content (AvgIpc) is 3.35. The van der Waals surface area contributed by atoms with Crippen molar-refractivity contribution in [1.29, 1.82) is 0 Å². The van der Waals surface area contributed by atoms with Crippen LogP contribution < -0.4 is 4.74 Å². The number of amides is 1. The van der Waals surface area contributed by atoms with Gasteiger partial charge >= 0.3 is 0 Å². The predicted molar refractivity (Wildman–Crippen MR) is 111 cm³/mol. The molecule has 4 rings (SSSR count). The molecule has 1 aliphatic rings. The van der Waals surface area contributed by atoms with E-state index in [1.165, 1.54) is 5.56 Å². The minimum atomic E-state index is -0.0308. The summed E-state index contributed by atoms with van der Waals surface area (Å²) in [4.78, 5) is 24.2. The average molecular weight is 390 g/mol. The molecule has 1 atom stereocenters. The molecule has 6 nitrogen and oxygen atoms in total. The number of ether oxygens (including phenoxy) is 1. The number of aromatic nitrogens is 3. The lowest BCUT2D eigenvalue weighted by Crippen LogP contribution is -2.32. The molecule has 150 valence electrons. The zero-order valence-electron chi connectivity index (χ0n) is 17.1. The fourth-order valence-corrected chi connectivity index (χ4v) is 3.95. The fraction of sp³-hybridized carbons (Fsp3) is 0.348. The van der Waals surface area contributed by atoms with Crippen molar-refractivity contribution in [1.82, 2.24) is 19.4 Å². The molecule has 1 fully saturated rings. The molecular weight excluding hydrogens is 364 g/mol. The number of hydrogen-bond acceptors (Lipinski definition) is 4. The molecule has 1 aromatic carbocycles. The normalized spacial score (nSPS) is 16.2. The Kier molecular flexibility index (Phi) is 5.34. The standard InChI is InChI=1S/C23H26N4O2/c1-16-6-4-7-20(25-16)23(28)26-13-5-8-21(26)22-24-14-17(2)27(22)15-18-9-11-19(29-3)12-10-18/h4,6-7,9-12,14,21H,5,8,13,15H2,1-3H3. The Labute approximate surface area is 171 Å². The summed E-state index contributed by atoms with van der Waals surface area (Å²) in [7, 11) is 1.67. The molecule has 0 bridgehead atoms. The van der Waals surface area contributed by atoms with Gasteiger partial charge in [0.2, 0.25) is 0 Å². The van der Waals surface area contributed by atoms with Gasteiger partial charge < -0.3 is 14.2 Å². The molecule has 0 aliphatic carbocycles. The monoisotopic (exact) mass is 390 g/mol. The number of nitrogens with zero attached hydrogens (tertiary/aromatic N) is 4. The van der Waals surface area contributed by atoms with Gasteiger partial charge in [-0.15, -0.1) is 0 Å². The Morgan fingerprint density at radius 2 is 1.97 bits per heavy atom. The van der Waals surface area contributed by atoms with Gasteiger partial charge in [0.25, 0.3) is 5.91 Å². The summed E-state index contributed by atoms with van der Waals surface area (Å²) in [6, 6.07) is 13.6. The van der Waals surface area contributed by atoms with Crippen LogP contribution in [0.15, 0.2) is 48.7 Å². The molecule has 2 aromatic heterocycles. The summed E-state index contributed by atoms with van der Waals surface area (Å²) in [6.45, 7) is 5.41. The van der Waals surface area contributed by atoms with Crippen molar-refractivity contribution in [2.45, 2.75) is 39.3 Å². The quantitative estimate of drug-likeness (QED) is 0.662. The fourth-order valence-electron chi connectivity index (χ4n) is 3.95. The summed E-state index contributed by atoms with van der Waals surface area (Å²) in [5.41, 5.74) is 3.61.